The van der Waals surface area contributed by atoms with Crippen molar-refractivity contribution in [3.8, 4) is 0 Å². The molecule has 4 N–H and O–H groups in total. The molecule has 0 bridgehead atoms. The third kappa shape index (κ3) is 15.8. The van der Waals surface area contributed by atoms with Gasteiger partial charge in [0, 0.05) is 12.3 Å². The van der Waals surface area contributed by atoms with Gasteiger partial charge < -0.3 is 25.6 Å². The first-order valence-electron chi connectivity index (χ1n) is 15.7. The largest absolute Gasteiger partial charge is 0.480 e. The van der Waals surface area contributed by atoms with Gasteiger partial charge in [0.1, 0.15) is 25.3 Å². The fourth-order valence-corrected chi connectivity index (χ4v) is 4.48. The second-order valence-electron chi connectivity index (χ2n) is 10.8. The van der Waals surface area contributed by atoms with Crippen LogP contribution in [0.5, 0.6) is 0 Å². The topological polar surface area (TPSA) is 128 Å². The van der Waals surface area contributed by atoms with E-state index in [-0.39, 0.29) is 13.2 Å². The van der Waals surface area contributed by atoms with Gasteiger partial charge in [0.2, 0.25) is 0 Å². The average Bonchev–Trinajstić information content (AvgIpc) is 3.15. The minimum Gasteiger partial charge on any atom is -0.480 e. The summed E-state index contributed by atoms with van der Waals surface area (Å²) in [6, 6.07) is 45.9. The van der Waals surface area contributed by atoms with Gasteiger partial charge in [-0.25, -0.2) is 9.59 Å². The Bertz CT molecular complexity index is 1640. The molecular weight excluding hydrogens is 640 g/mol. The van der Waals surface area contributed by atoms with Crippen molar-refractivity contribution in [1.82, 2.24) is 5.32 Å². The summed E-state index contributed by atoms with van der Waals surface area (Å²) in [5.41, 5.74) is 10.1. The number of alkyl carbamates (subject to hydrolysis) is 1. The van der Waals surface area contributed by atoms with E-state index in [1.165, 1.54) is 5.56 Å². The number of hydrogen-bond donors (Lipinski definition) is 3. The molecule has 254 valence electrons. The maximum atomic E-state index is 12.6. The van der Waals surface area contributed by atoms with Crippen LogP contribution in [0.2, 0.25) is 0 Å². The van der Waals surface area contributed by atoms with Gasteiger partial charge in [-0.15, -0.1) is 11.6 Å². The number of hydrogen-bond acceptors (Lipinski definition) is 6. The van der Waals surface area contributed by atoms with Gasteiger partial charge in [-0.3, -0.25) is 4.79 Å². The highest BCUT2D eigenvalue weighted by molar-refractivity contribution is 6.17. The summed E-state index contributed by atoms with van der Waals surface area (Å²) in [7, 11) is 0. The van der Waals surface area contributed by atoms with Crippen LogP contribution in [-0.2, 0) is 51.0 Å². The van der Waals surface area contributed by atoms with Crippen LogP contribution >= 0.6 is 11.6 Å². The summed E-state index contributed by atoms with van der Waals surface area (Å²) < 4.78 is 10.7. The lowest BCUT2D eigenvalue weighted by Gasteiger charge is -2.18. The number of benzene rings is 5. The summed E-state index contributed by atoms with van der Waals surface area (Å²) >= 11 is 5.53. The maximum absolute atomic E-state index is 12.6. The summed E-state index contributed by atoms with van der Waals surface area (Å²) in [5, 5.41) is 11.2. The van der Waals surface area contributed by atoms with E-state index in [9.17, 15) is 14.4 Å². The smallest absolute Gasteiger partial charge is 0.408 e. The number of ether oxygens (including phenoxy) is 2. The number of rotatable bonds is 12. The zero-order valence-corrected chi connectivity index (χ0v) is 27.8. The van der Waals surface area contributed by atoms with Crippen LogP contribution in [0.4, 0.5) is 4.79 Å². The Morgan fingerprint density at radius 3 is 1.33 bits per heavy atom. The standard InChI is InChI=1S/C24H23NO4.C9H11NO2.C7H7Cl/c26-23(28-17-20-12-6-2-7-13-20)22(16-19-10-4-1-5-11-19)25-24(27)29-18-21-14-8-3-9-15-21;10-8(9(11)12)6-7-4-2-1-3-5-7;8-6-7-4-2-1-3-5-7/h1-15,22H,16-18H2,(H,25,27);1-5,8H,6,10H2,(H,11,12);1-5H,6H2. The molecule has 0 aliphatic carbocycles. The second-order valence-corrected chi connectivity index (χ2v) is 11.1. The number of alkyl halides is 1. The number of carboxylic acid groups (broad SMARTS) is 1. The van der Waals surface area contributed by atoms with Crippen LogP contribution in [0.3, 0.4) is 0 Å². The highest BCUT2D eigenvalue weighted by atomic mass is 35.5. The van der Waals surface area contributed by atoms with Gasteiger partial charge in [0.25, 0.3) is 0 Å². The first-order valence-corrected chi connectivity index (χ1v) is 16.2. The molecule has 0 fully saturated rings. The van der Waals surface area contributed by atoms with Crippen LogP contribution < -0.4 is 11.1 Å². The zero-order valence-electron chi connectivity index (χ0n) is 27.1. The molecule has 0 aliphatic rings. The highest BCUT2D eigenvalue weighted by Crippen LogP contribution is 2.09. The van der Waals surface area contributed by atoms with Crippen molar-refractivity contribution in [3.63, 3.8) is 0 Å². The van der Waals surface area contributed by atoms with Crippen molar-refractivity contribution in [2.45, 2.75) is 44.0 Å². The van der Waals surface area contributed by atoms with Gasteiger partial charge in [-0.2, -0.15) is 0 Å². The lowest BCUT2D eigenvalue weighted by molar-refractivity contribution is -0.147. The monoisotopic (exact) mass is 680 g/mol. The van der Waals surface area contributed by atoms with E-state index in [2.05, 4.69) is 5.32 Å². The van der Waals surface area contributed by atoms with Crippen molar-refractivity contribution < 1.29 is 29.0 Å². The molecular formula is C40H41ClN2O6. The van der Waals surface area contributed by atoms with Crippen LogP contribution in [-0.4, -0.2) is 35.2 Å². The van der Waals surface area contributed by atoms with E-state index >= 15 is 0 Å². The van der Waals surface area contributed by atoms with E-state index in [1.54, 1.807) is 0 Å². The predicted molar refractivity (Wildman–Crippen MR) is 192 cm³/mol. The first-order chi connectivity index (χ1) is 23.8. The van der Waals surface area contributed by atoms with Crippen LogP contribution in [0.15, 0.2) is 152 Å². The Kier molecular flexibility index (Phi) is 17.2. The molecule has 8 nitrogen and oxygen atoms in total. The van der Waals surface area contributed by atoms with Crippen molar-refractivity contribution in [1.29, 1.82) is 0 Å². The van der Waals surface area contributed by atoms with Gasteiger partial charge in [0.05, 0.1) is 0 Å². The molecule has 5 aromatic carbocycles. The Hall–Kier alpha value is -5.44. The van der Waals surface area contributed by atoms with Crippen LogP contribution in [0, 0.1) is 0 Å². The summed E-state index contributed by atoms with van der Waals surface area (Å²) in [4.78, 5) is 35.3. The van der Waals surface area contributed by atoms with Gasteiger partial charge in [-0.05, 0) is 34.2 Å². The van der Waals surface area contributed by atoms with Gasteiger partial charge in [0.15, 0.2) is 0 Å². The minimum absolute atomic E-state index is 0.129. The average molecular weight is 681 g/mol. The molecule has 0 aromatic heterocycles. The van der Waals surface area contributed by atoms with E-state index in [0.29, 0.717) is 18.7 Å². The lowest BCUT2D eigenvalue weighted by Crippen LogP contribution is -2.43. The minimum atomic E-state index is -0.959. The van der Waals surface area contributed by atoms with Crippen molar-refractivity contribution in [3.05, 3.63) is 179 Å². The number of carboxylic acids is 1. The lowest BCUT2D eigenvalue weighted by atomic mass is 10.1. The Balaban J connectivity index is 0.000000264. The third-order valence-electron chi connectivity index (χ3n) is 6.91. The zero-order chi connectivity index (χ0) is 35.1. The summed E-state index contributed by atoms with van der Waals surface area (Å²) in [6.45, 7) is 0.273. The van der Waals surface area contributed by atoms with Crippen LogP contribution in [0.1, 0.15) is 27.8 Å². The summed E-state index contributed by atoms with van der Waals surface area (Å²) in [5.74, 6) is -0.853. The molecule has 5 rings (SSSR count). The SMILES string of the molecule is ClCc1ccccc1.NC(Cc1ccccc1)C(=O)O.O=C(NC(Cc1ccccc1)C(=O)OCc1ccccc1)OCc1ccccc1. The molecule has 1 amide bonds. The molecule has 2 unspecified atom stereocenters. The number of nitrogens with one attached hydrogen (secondary N) is 1. The molecule has 2 atom stereocenters. The predicted octanol–water partition coefficient (Wildman–Crippen LogP) is 7.33. The molecule has 0 heterocycles. The van der Waals surface area contributed by atoms with E-state index in [4.69, 9.17) is 31.9 Å². The fourth-order valence-electron chi connectivity index (χ4n) is 4.30. The quantitative estimate of drug-likeness (QED) is 0.0930. The molecule has 49 heavy (non-hydrogen) atoms. The number of amides is 1. The van der Waals surface area contributed by atoms with Crippen molar-refractivity contribution in [2.75, 3.05) is 0 Å². The fraction of sp³-hybridized carbons (Fsp3) is 0.175. The third-order valence-corrected chi connectivity index (χ3v) is 7.22. The number of halogens is 1. The normalized spacial score (nSPS) is 11.2. The number of carbonyl (C=O) groups is 3. The number of nitrogens with two attached hydrogens (primary N) is 1. The highest BCUT2D eigenvalue weighted by Gasteiger charge is 2.23. The van der Waals surface area contributed by atoms with Crippen molar-refractivity contribution in [2.24, 2.45) is 5.73 Å². The van der Waals surface area contributed by atoms with E-state index in [1.807, 2.05) is 152 Å². The Morgan fingerprint density at radius 2 is 0.939 bits per heavy atom. The number of carbonyl (C=O) groups excluding carboxylic acids is 2. The molecule has 5 aromatic rings. The first kappa shape index (κ1) is 38.0. The maximum Gasteiger partial charge on any atom is 0.408 e. The number of esters is 1. The van der Waals surface area contributed by atoms with Gasteiger partial charge in [-0.1, -0.05) is 152 Å². The molecule has 0 radical (unpaired) electrons. The second kappa shape index (κ2) is 22.2. The molecule has 0 saturated carbocycles. The molecule has 0 spiro atoms. The Labute approximate surface area is 292 Å². The van der Waals surface area contributed by atoms with E-state index in [0.717, 1.165) is 22.3 Å². The van der Waals surface area contributed by atoms with Gasteiger partial charge >= 0.3 is 18.0 Å². The molecule has 0 aliphatic heterocycles. The number of aliphatic carboxylic acids is 1. The van der Waals surface area contributed by atoms with Crippen molar-refractivity contribution >= 4 is 29.6 Å². The van der Waals surface area contributed by atoms with E-state index < -0.39 is 30.1 Å². The summed E-state index contributed by atoms with van der Waals surface area (Å²) in [6.07, 6.45) is 0.0388. The molecule has 0 saturated heterocycles. The molecule has 9 heteroatoms. The Morgan fingerprint density at radius 1 is 0.571 bits per heavy atom. The van der Waals surface area contributed by atoms with Crippen LogP contribution in [0.25, 0.3) is 0 Å².